The summed E-state index contributed by atoms with van der Waals surface area (Å²) < 4.78 is 0. The van der Waals surface area contributed by atoms with Crippen LogP contribution in [0.4, 0.5) is 5.69 Å². The largest absolute Gasteiger partial charge is 0.322 e. The second-order valence-corrected chi connectivity index (χ2v) is 6.38. The molecule has 0 fully saturated rings. The lowest BCUT2D eigenvalue weighted by atomic mass is 10.0. The van der Waals surface area contributed by atoms with Gasteiger partial charge >= 0.3 is 0 Å². The summed E-state index contributed by atoms with van der Waals surface area (Å²) in [4.78, 5) is 13.6. The first kappa shape index (κ1) is 16.3. The van der Waals surface area contributed by atoms with Crippen LogP contribution in [-0.4, -0.2) is 12.2 Å². The third kappa shape index (κ3) is 4.06. The van der Waals surface area contributed by atoms with Crippen LogP contribution in [0.15, 0.2) is 83.8 Å². The molecule has 1 amide bonds. The lowest BCUT2D eigenvalue weighted by Gasteiger charge is -2.11. The van der Waals surface area contributed by atoms with Crippen molar-refractivity contribution >= 4 is 23.4 Å². The van der Waals surface area contributed by atoms with Gasteiger partial charge in [0.1, 0.15) is 0 Å². The highest BCUT2D eigenvalue weighted by atomic mass is 32.2. The van der Waals surface area contributed by atoms with Crippen LogP contribution < -0.4 is 5.32 Å². The second kappa shape index (κ2) is 7.84. The molecule has 24 heavy (non-hydrogen) atoms. The maximum absolute atomic E-state index is 12.5. The monoisotopic (exact) mass is 333 g/mol. The van der Waals surface area contributed by atoms with Crippen LogP contribution in [0.3, 0.4) is 0 Å². The number of hydrogen-bond donors (Lipinski definition) is 1. The molecule has 0 saturated heterocycles. The van der Waals surface area contributed by atoms with E-state index < -0.39 is 0 Å². The van der Waals surface area contributed by atoms with Crippen molar-refractivity contribution in [2.75, 3.05) is 11.6 Å². The molecule has 0 aliphatic heterocycles. The zero-order valence-electron chi connectivity index (χ0n) is 13.5. The Bertz CT molecular complexity index is 813. The summed E-state index contributed by atoms with van der Waals surface area (Å²) in [7, 11) is 0. The Labute approximate surface area is 146 Å². The predicted molar refractivity (Wildman–Crippen MR) is 102 cm³/mol. The number of anilines is 1. The molecule has 3 rings (SSSR count). The quantitative estimate of drug-likeness (QED) is 0.646. The van der Waals surface area contributed by atoms with Crippen molar-refractivity contribution < 1.29 is 4.79 Å². The van der Waals surface area contributed by atoms with E-state index in [-0.39, 0.29) is 5.91 Å². The maximum Gasteiger partial charge on any atom is 0.255 e. The van der Waals surface area contributed by atoms with E-state index in [0.29, 0.717) is 5.56 Å². The Morgan fingerprint density at radius 1 is 0.875 bits per heavy atom. The van der Waals surface area contributed by atoms with E-state index in [2.05, 4.69) is 23.5 Å². The molecule has 0 aromatic heterocycles. The summed E-state index contributed by atoms with van der Waals surface area (Å²) in [5.74, 6) is -0.0804. The normalized spacial score (nSPS) is 10.4. The first-order chi connectivity index (χ1) is 11.8. The summed E-state index contributed by atoms with van der Waals surface area (Å²) in [6, 6.07) is 25.9. The average Bonchev–Trinajstić information content (AvgIpc) is 2.64. The van der Waals surface area contributed by atoms with Crippen molar-refractivity contribution in [3.05, 3.63) is 95.6 Å². The van der Waals surface area contributed by atoms with Gasteiger partial charge in [-0.1, -0.05) is 48.5 Å². The number of carbonyl (C=O) groups is 1. The van der Waals surface area contributed by atoms with Crippen LogP contribution in [0.1, 0.15) is 21.5 Å². The molecule has 0 saturated carbocycles. The number of rotatable bonds is 5. The van der Waals surface area contributed by atoms with Gasteiger partial charge in [0, 0.05) is 16.1 Å². The molecule has 0 aliphatic rings. The highest BCUT2D eigenvalue weighted by Crippen LogP contribution is 2.21. The Hall–Kier alpha value is -2.52. The van der Waals surface area contributed by atoms with Crippen LogP contribution >= 0.6 is 11.8 Å². The molecule has 0 unspecified atom stereocenters. The molecule has 120 valence electrons. The van der Waals surface area contributed by atoms with Gasteiger partial charge in [-0.2, -0.15) is 0 Å². The molecule has 0 aliphatic carbocycles. The molecule has 1 N–H and O–H groups in total. The zero-order chi connectivity index (χ0) is 16.8. The van der Waals surface area contributed by atoms with Gasteiger partial charge in [0.15, 0.2) is 0 Å². The predicted octanol–water partition coefficient (Wildman–Crippen LogP) is 5.25. The molecule has 3 aromatic rings. The lowest BCUT2D eigenvalue weighted by molar-refractivity contribution is 0.102. The van der Waals surface area contributed by atoms with Crippen LogP contribution in [0.5, 0.6) is 0 Å². The smallest absolute Gasteiger partial charge is 0.255 e. The summed E-state index contributed by atoms with van der Waals surface area (Å²) in [6.45, 7) is 0. The van der Waals surface area contributed by atoms with Crippen molar-refractivity contribution in [1.82, 2.24) is 0 Å². The summed E-state index contributed by atoms with van der Waals surface area (Å²) >= 11 is 1.67. The highest BCUT2D eigenvalue weighted by molar-refractivity contribution is 7.98. The van der Waals surface area contributed by atoms with Crippen molar-refractivity contribution in [2.24, 2.45) is 0 Å². The van der Waals surface area contributed by atoms with Gasteiger partial charge in [-0.05, 0) is 54.1 Å². The van der Waals surface area contributed by atoms with Gasteiger partial charge in [0.05, 0.1) is 0 Å². The van der Waals surface area contributed by atoms with E-state index in [0.717, 1.165) is 22.6 Å². The average molecular weight is 333 g/mol. The first-order valence-electron chi connectivity index (χ1n) is 7.83. The number of nitrogens with one attached hydrogen (secondary N) is 1. The van der Waals surface area contributed by atoms with Gasteiger partial charge in [-0.15, -0.1) is 11.8 Å². The Balaban J connectivity index is 1.78. The fraction of sp³-hybridized carbons (Fsp3) is 0.0952. The zero-order valence-corrected chi connectivity index (χ0v) is 14.3. The summed E-state index contributed by atoms with van der Waals surface area (Å²) in [6.07, 6.45) is 2.82. The molecule has 0 spiro atoms. The van der Waals surface area contributed by atoms with Crippen molar-refractivity contribution in [2.45, 2.75) is 11.3 Å². The van der Waals surface area contributed by atoms with E-state index in [9.17, 15) is 4.79 Å². The van der Waals surface area contributed by atoms with Crippen LogP contribution in [0, 0.1) is 0 Å². The fourth-order valence-corrected chi connectivity index (χ4v) is 2.96. The van der Waals surface area contributed by atoms with E-state index in [4.69, 9.17) is 0 Å². The van der Waals surface area contributed by atoms with Gasteiger partial charge in [-0.25, -0.2) is 0 Å². The van der Waals surface area contributed by atoms with Crippen molar-refractivity contribution in [3.8, 4) is 0 Å². The number of carbonyl (C=O) groups excluding carboxylic acids is 1. The minimum Gasteiger partial charge on any atom is -0.322 e. The number of hydrogen-bond acceptors (Lipinski definition) is 2. The molecule has 0 radical (unpaired) electrons. The molecule has 0 bridgehead atoms. The van der Waals surface area contributed by atoms with Crippen LogP contribution in [-0.2, 0) is 6.42 Å². The van der Waals surface area contributed by atoms with E-state index >= 15 is 0 Å². The minimum absolute atomic E-state index is 0.0804. The van der Waals surface area contributed by atoms with Crippen LogP contribution in [0.2, 0.25) is 0 Å². The van der Waals surface area contributed by atoms with Crippen molar-refractivity contribution in [1.29, 1.82) is 0 Å². The number of benzene rings is 3. The molecular formula is C21H19NOS. The second-order valence-electron chi connectivity index (χ2n) is 5.50. The highest BCUT2D eigenvalue weighted by Gasteiger charge is 2.09. The molecular weight excluding hydrogens is 314 g/mol. The van der Waals surface area contributed by atoms with Gasteiger partial charge < -0.3 is 5.32 Å². The summed E-state index contributed by atoms with van der Waals surface area (Å²) in [5, 5.41) is 3.04. The van der Waals surface area contributed by atoms with Crippen LogP contribution in [0.25, 0.3) is 0 Å². The Morgan fingerprint density at radius 2 is 1.54 bits per heavy atom. The third-order valence-electron chi connectivity index (χ3n) is 3.86. The number of thioether (sulfide) groups is 1. The third-order valence-corrected chi connectivity index (χ3v) is 4.60. The van der Waals surface area contributed by atoms with Gasteiger partial charge in [-0.3, -0.25) is 4.79 Å². The van der Waals surface area contributed by atoms with E-state index in [1.54, 1.807) is 11.8 Å². The first-order valence-corrected chi connectivity index (χ1v) is 9.06. The van der Waals surface area contributed by atoms with E-state index in [1.165, 1.54) is 5.56 Å². The SMILES string of the molecule is CSc1ccc(C(=O)Nc2ccccc2Cc2ccccc2)cc1. The molecule has 0 atom stereocenters. The van der Waals surface area contributed by atoms with Gasteiger partial charge in [0.25, 0.3) is 5.91 Å². The number of amides is 1. The van der Waals surface area contributed by atoms with E-state index in [1.807, 2.05) is 66.9 Å². The Kier molecular flexibility index (Phi) is 5.34. The molecule has 0 heterocycles. The number of para-hydroxylation sites is 1. The van der Waals surface area contributed by atoms with Crippen molar-refractivity contribution in [3.63, 3.8) is 0 Å². The molecule has 3 aromatic carbocycles. The topological polar surface area (TPSA) is 29.1 Å². The standard InChI is InChI=1S/C21H19NOS/c1-24-19-13-11-17(12-14-19)21(23)22-20-10-6-5-9-18(20)15-16-7-3-2-4-8-16/h2-14H,15H2,1H3,(H,22,23). The lowest BCUT2D eigenvalue weighted by Crippen LogP contribution is -2.13. The summed E-state index contributed by atoms with van der Waals surface area (Å²) in [5.41, 5.74) is 3.86. The minimum atomic E-state index is -0.0804. The maximum atomic E-state index is 12.5. The fourth-order valence-electron chi connectivity index (χ4n) is 2.55. The molecule has 3 heteroatoms. The Morgan fingerprint density at radius 3 is 2.25 bits per heavy atom. The van der Waals surface area contributed by atoms with Gasteiger partial charge in [0.2, 0.25) is 0 Å². The molecule has 2 nitrogen and oxygen atoms in total.